The fourth-order valence-electron chi connectivity index (χ4n) is 2.41. The first-order chi connectivity index (χ1) is 10.2. The van der Waals surface area contributed by atoms with Gasteiger partial charge >= 0.3 is 0 Å². The molecule has 0 aliphatic rings. The smallest absolute Gasteiger partial charge is 0.126 e. The molecule has 0 saturated heterocycles. The minimum Gasteiger partial charge on any atom is -0.370 e. The Labute approximate surface area is 128 Å². The summed E-state index contributed by atoms with van der Waals surface area (Å²) in [6, 6.07) is 12.9. The van der Waals surface area contributed by atoms with Crippen LogP contribution < -0.4 is 5.32 Å². The summed E-state index contributed by atoms with van der Waals surface area (Å²) in [6.07, 6.45) is 2.99. The molecule has 1 aromatic heterocycles. The Morgan fingerprint density at radius 3 is 2.57 bits per heavy atom. The molecule has 3 heteroatoms. The van der Waals surface area contributed by atoms with E-state index in [-0.39, 0.29) is 0 Å². The van der Waals surface area contributed by atoms with Crippen LogP contribution >= 0.6 is 0 Å². The van der Waals surface area contributed by atoms with Crippen molar-refractivity contribution in [2.75, 3.05) is 18.9 Å². The molecule has 3 nitrogen and oxygen atoms in total. The zero-order valence-electron chi connectivity index (χ0n) is 13.3. The van der Waals surface area contributed by atoms with E-state index in [1.54, 1.807) is 0 Å². The topological polar surface area (TPSA) is 28.2 Å². The number of benzene rings is 1. The van der Waals surface area contributed by atoms with Crippen LogP contribution in [-0.2, 0) is 13.1 Å². The summed E-state index contributed by atoms with van der Waals surface area (Å²) in [5.41, 5.74) is 3.96. The molecular formula is C18H25N3. The van der Waals surface area contributed by atoms with Gasteiger partial charge in [-0.15, -0.1) is 0 Å². The predicted molar refractivity (Wildman–Crippen MR) is 89.4 cm³/mol. The van der Waals surface area contributed by atoms with Gasteiger partial charge < -0.3 is 5.32 Å². The van der Waals surface area contributed by atoms with Gasteiger partial charge in [0.2, 0.25) is 0 Å². The van der Waals surface area contributed by atoms with Crippen molar-refractivity contribution in [1.29, 1.82) is 0 Å². The molecule has 0 saturated carbocycles. The Bertz CT molecular complexity index is 566. The number of anilines is 1. The van der Waals surface area contributed by atoms with Gasteiger partial charge in [-0.2, -0.15) is 0 Å². The Hall–Kier alpha value is -1.87. The average Bonchev–Trinajstić information content (AvgIpc) is 2.45. The van der Waals surface area contributed by atoms with E-state index in [9.17, 15) is 0 Å². The van der Waals surface area contributed by atoms with E-state index in [1.807, 2.05) is 6.20 Å². The zero-order chi connectivity index (χ0) is 15.1. The third-order valence-electron chi connectivity index (χ3n) is 3.37. The molecule has 112 valence electrons. The van der Waals surface area contributed by atoms with Crippen molar-refractivity contribution in [3.63, 3.8) is 0 Å². The Kier molecular flexibility index (Phi) is 5.76. The van der Waals surface area contributed by atoms with Crippen LogP contribution in [0.1, 0.15) is 30.0 Å². The van der Waals surface area contributed by atoms with E-state index in [0.717, 1.165) is 31.9 Å². The third kappa shape index (κ3) is 5.20. The lowest BCUT2D eigenvalue weighted by atomic mass is 10.1. The van der Waals surface area contributed by atoms with Crippen LogP contribution in [0.15, 0.2) is 42.6 Å². The second-order valence-electron chi connectivity index (χ2n) is 5.64. The number of nitrogens with one attached hydrogen (secondary N) is 1. The van der Waals surface area contributed by atoms with Gasteiger partial charge in [0.15, 0.2) is 0 Å². The van der Waals surface area contributed by atoms with E-state index in [2.05, 4.69) is 72.5 Å². The van der Waals surface area contributed by atoms with Crippen LogP contribution in [0.2, 0.25) is 0 Å². The summed E-state index contributed by atoms with van der Waals surface area (Å²) in [5.74, 6) is 0.971. The van der Waals surface area contributed by atoms with Crippen molar-refractivity contribution in [3.05, 3.63) is 59.3 Å². The van der Waals surface area contributed by atoms with Crippen LogP contribution in [0.3, 0.4) is 0 Å². The molecule has 0 atom stereocenters. The molecule has 0 spiro atoms. The van der Waals surface area contributed by atoms with Gasteiger partial charge in [-0.3, -0.25) is 4.90 Å². The molecular weight excluding hydrogens is 258 g/mol. The van der Waals surface area contributed by atoms with Gasteiger partial charge in [-0.25, -0.2) is 4.98 Å². The van der Waals surface area contributed by atoms with Crippen LogP contribution in [0.25, 0.3) is 0 Å². The van der Waals surface area contributed by atoms with Gasteiger partial charge in [0.1, 0.15) is 5.82 Å². The summed E-state index contributed by atoms with van der Waals surface area (Å²) in [6.45, 7) is 7.15. The van der Waals surface area contributed by atoms with E-state index in [0.29, 0.717) is 0 Å². The fraction of sp³-hybridized carbons (Fsp3) is 0.389. The minimum absolute atomic E-state index is 0.928. The van der Waals surface area contributed by atoms with Gasteiger partial charge in [-0.05, 0) is 43.7 Å². The third-order valence-corrected chi connectivity index (χ3v) is 3.37. The molecule has 0 fully saturated rings. The summed E-state index contributed by atoms with van der Waals surface area (Å²) in [4.78, 5) is 6.68. The second-order valence-corrected chi connectivity index (χ2v) is 5.64. The first-order valence-electron chi connectivity index (χ1n) is 7.60. The van der Waals surface area contributed by atoms with Crippen molar-refractivity contribution in [1.82, 2.24) is 9.88 Å². The molecule has 2 aromatic rings. The predicted octanol–water partition coefficient (Wildman–Crippen LogP) is 3.84. The Morgan fingerprint density at radius 1 is 1.10 bits per heavy atom. The number of hydrogen-bond acceptors (Lipinski definition) is 3. The molecule has 2 rings (SSSR count). The highest BCUT2D eigenvalue weighted by atomic mass is 15.1. The maximum atomic E-state index is 4.35. The first kappa shape index (κ1) is 15.5. The first-order valence-corrected chi connectivity index (χ1v) is 7.60. The summed E-state index contributed by atoms with van der Waals surface area (Å²) < 4.78 is 0. The fourth-order valence-corrected chi connectivity index (χ4v) is 2.41. The van der Waals surface area contributed by atoms with Gasteiger partial charge in [-0.1, -0.05) is 36.8 Å². The van der Waals surface area contributed by atoms with Gasteiger partial charge in [0.05, 0.1) is 0 Å². The van der Waals surface area contributed by atoms with Crippen molar-refractivity contribution in [3.8, 4) is 0 Å². The van der Waals surface area contributed by atoms with Crippen LogP contribution in [-0.4, -0.2) is 23.5 Å². The largest absolute Gasteiger partial charge is 0.370 e. The van der Waals surface area contributed by atoms with E-state index in [4.69, 9.17) is 0 Å². The van der Waals surface area contributed by atoms with Crippen molar-refractivity contribution in [2.24, 2.45) is 0 Å². The zero-order valence-corrected chi connectivity index (χ0v) is 13.3. The molecule has 1 aromatic carbocycles. The number of pyridine rings is 1. The molecule has 1 heterocycles. The highest BCUT2D eigenvalue weighted by Gasteiger charge is 2.03. The van der Waals surface area contributed by atoms with Crippen molar-refractivity contribution in [2.45, 2.75) is 33.4 Å². The van der Waals surface area contributed by atoms with Gasteiger partial charge in [0, 0.05) is 25.8 Å². The number of rotatable bonds is 7. The van der Waals surface area contributed by atoms with Crippen LogP contribution in [0.5, 0.6) is 0 Å². The standard InChI is InChI=1S/C18H25N3/c1-4-9-19-18-12-17(8-10-20-18)14-21(3)13-16-7-5-6-15(2)11-16/h5-8,10-12H,4,9,13-14H2,1-3H3,(H,19,20). The van der Waals surface area contributed by atoms with Crippen molar-refractivity contribution >= 4 is 5.82 Å². The molecule has 0 aliphatic carbocycles. The Balaban J connectivity index is 1.94. The quantitative estimate of drug-likeness (QED) is 0.836. The summed E-state index contributed by atoms with van der Waals surface area (Å²) in [7, 11) is 2.15. The van der Waals surface area contributed by atoms with Crippen LogP contribution in [0, 0.1) is 6.92 Å². The van der Waals surface area contributed by atoms with Crippen molar-refractivity contribution < 1.29 is 0 Å². The lowest BCUT2D eigenvalue weighted by Crippen LogP contribution is -2.17. The number of aromatic nitrogens is 1. The van der Waals surface area contributed by atoms with E-state index in [1.165, 1.54) is 16.7 Å². The minimum atomic E-state index is 0.928. The molecule has 0 radical (unpaired) electrons. The lowest BCUT2D eigenvalue weighted by Gasteiger charge is -2.17. The molecule has 21 heavy (non-hydrogen) atoms. The maximum absolute atomic E-state index is 4.35. The summed E-state index contributed by atoms with van der Waals surface area (Å²) >= 11 is 0. The highest BCUT2D eigenvalue weighted by molar-refractivity contribution is 5.37. The van der Waals surface area contributed by atoms with Crippen LogP contribution in [0.4, 0.5) is 5.82 Å². The number of aryl methyl sites for hydroxylation is 1. The maximum Gasteiger partial charge on any atom is 0.126 e. The average molecular weight is 283 g/mol. The normalized spacial score (nSPS) is 10.9. The lowest BCUT2D eigenvalue weighted by molar-refractivity contribution is 0.319. The van der Waals surface area contributed by atoms with E-state index < -0.39 is 0 Å². The monoisotopic (exact) mass is 283 g/mol. The SMILES string of the molecule is CCCNc1cc(CN(C)Cc2cccc(C)c2)ccn1. The number of hydrogen-bond donors (Lipinski definition) is 1. The van der Waals surface area contributed by atoms with E-state index >= 15 is 0 Å². The summed E-state index contributed by atoms with van der Waals surface area (Å²) in [5, 5.41) is 3.34. The molecule has 0 bridgehead atoms. The molecule has 0 amide bonds. The molecule has 0 aliphatic heterocycles. The second kappa shape index (κ2) is 7.79. The highest BCUT2D eigenvalue weighted by Crippen LogP contribution is 2.12. The molecule has 1 N–H and O–H groups in total. The number of nitrogens with zero attached hydrogens (tertiary/aromatic N) is 2. The molecule has 0 unspecified atom stereocenters. The van der Waals surface area contributed by atoms with Gasteiger partial charge in [0.25, 0.3) is 0 Å². The Morgan fingerprint density at radius 2 is 1.86 bits per heavy atom.